The molecule has 2 rings (SSSR count). The smallest absolute Gasteiger partial charge is 0.211 e. The van der Waals surface area contributed by atoms with Crippen molar-refractivity contribution in [2.45, 2.75) is 32.9 Å². The fourth-order valence-corrected chi connectivity index (χ4v) is 2.49. The maximum absolute atomic E-state index is 10.9. The van der Waals surface area contributed by atoms with Gasteiger partial charge < -0.3 is 16.0 Å². The van der Waals surface area contributed by atoms with Crippen molar-refractivity contribution in [1.82, 2.24) is 5.32 Å². The van der Waals surface area contributed by atoms with Gasteiger partial charge in [-0.3, -0.25) is 9.59 Å². The topological polar surface area (TPSA) is 70.2 Å². The zero-order chi connectivity index (χ0) is 17.4. The number of benzene rings is 2. The lowest BCUT2D eigenvalue weighted by Crippen LogP contribution is -2.16. The Kier molecular flexibility index (Phi) is 6.37. The SMILES string of the molecule is CCC(C)Nc1c(NC=O)cccc1-c1cccc(CNC=O)c1. The Bertz CT molecular complexity index is 701. The van der Waals surface area contributed by atoms with Crippen molar-refractivity contribution < 1.29 is 9.59 Å². The van der Waals surface area contributed by atoms with E-state index >= 15 is 0 Å². The van der Waals surface area contributed by atoms with Crippen LogP contribution >= 0.6 is 0 Å². The molecular formula is C19H23N3O2. The Morgan fingerprint density at radius 1 is 1.08 bits per heavy atom. The zero-order valence-corrected chi connectivity index (χ0v) is 14.0. The van der Waals surface area contributed by atoms with Crippen LogP contribution in [0.1, 0.15) is 25.8 Å². The average molecular weight is 325 g/mol. The van der Waals surface area contributed by atoms with Crippen molar-refractivity contribution in [3.63, 3.8) is 0 Å². The van der Waals surface area contributed by atoms with E-state index in [1.165, 1.54) is 0 Å². The number of anilines is 2. The molecule has 1 atom stereocenters. The third kappa shape index (κ3) is 4.35. The van der Waals surface area contributed by atoms with E-state index in [0.29, 0.717) is 19.4 Å². The highest BCUT2D eigenvalue weighted by atomic mass is 16.1. The first-order valence-electron chi connectivity index (χ1n) is 8.05. The lowest BCUT2D eigenvalue weighted by atomic mass is 9.99. The number of carbonyl (C=O) groups excluding carboxylic acids is 2. The van der Waals surface area contributed by atoms with E-state index in [2.05, 4.69) is 29.8 Å². The maximum Gasteiger partial charge on any atom is 0.211 e. The number of hydrogen-bond acceptors (Lipinski definition) is 3. The molecule has 0 bridgehead atoms. The van der Waals surface area contributed by atoms with E-state index in [0.717, 1.165) is 34.5 Å². The number of para-hydroxylation sites is 1. The van der Waals surface area contributed by atoms with Gasteiger partial charge in [-0.25, -0.2) is 0 Å². The lowest BCUT2D eigenvalue weighted by molar-refractivity contribution is -0.109. The Balaban J connectivity index is 2.46. The second-order valence-corrected chi connectivity index (χ2v) is 5.64. The predicted octanol–water partition coefficient (Wildman–Crippen LogP) is 3.38. The van der Waals surface area contributed by atoms with Gasteiger partial charge in [-0.15, -0.1) is 0 Å². The molecule has 0 saturated heterocycles. The molecule has 2 aromatic rings. The monoisotopic (exact) mass is 325 g/mol. The second-order valence-electron chi connectivity index (χ2n) is 5.64. The zero-order valence-electron chi connectivity index (χ0n) is 14.0. The van der Waals surface area contributed by atoms with Gasteiger partial charge in [0.25, 0.3) is 0 Å². The van der Waals surface area contributed by atoms with Gasteiger partial charge >= 0.3 is 0 Å². The summed E-state index contributed by atoms with van der Waals surface area (Å²) in [7, 11) is 0. The Morgan fingerprint density at radius 2 is 1.88 bits per heavy atom. The summed E-state index contributed by atoms with van der Waals surface area (Å²) in [5, 5.41) is 8.92. The van der Waals surface area contributed by atoms with Crippen LogP contribution in [0.4, 0.5) is 11.4 Å². The van der Waals surface area contributed by atoms with Gasteiger partial charge in [-0.1, -0.05) is 37.3 Å². The molecule has 3 N–H and O–H groups in total. The number of carbonyl (C=O) groups is 2. The summed E-state index contributed by atoms with van der Waals surface area (Å²) < 4.78 is 0. The van der Waals surface area contributed by atoms with Crippen LogP contribution in [0.2, 0.25) is 0 Å². The molecule has 0 aromatic heterocycles. The molecule has 0 aliphatic rings. The highest BCUT2D eigenvalue weighted by Gasteiger charge is 2.12. The third-order valence-corrected chi connectivity index (χ3v) is 3.91. The summed E-state index contributed by atoms with van der Waals surface area (Å²) in [6, 6.07) is 14.1. The average Bonchev–Trinajstić information content (AvgIpc) is 2.61. The van der Waals surface area contributed by atoms with Crippen molar-refractivity contribution in [2.75, 3.05) is 10.6 Å². The highest BCUT2D eigenvalue weighted by molar-refractivity contribution is 5.91. The molecule has 5 heteroatoms. The van der Waals surface area contributed by atoms with Gasteiger partial charge in [-0.05, 0) is 36.6 Å². The minimum Gasteiger partial charge on any atom is -0.380 e. The normalized spacial score (nSPS) is 11.4. The molecular weight excluding hydrogens is 302 g/mol. The summed E-state index contributed by atoms with van der Waals surface area (Å²) in [5.74, 6) is 0. The van der Waals surface area contributed by atoms with Gasteiger partial charge in [0.05, 0.1) is 11.4 Å². The van der Waals surface area contributed by atoms with Crippen LogP contribution in [0.5, 0.6) is 0 Å². The van der Waals surface area contributed by atoms with Crippen LogP contribution in [0.3, 0.4) is 0 Å². The third-order valence-electron chi connectivity index (χ3n) is 3.91. The summed E-state index contributed by atoms with van der Waals surface area (Å²) in [6.07, 6.45) is 2.35. The van der Waals surface area contributed by atoms with Gasteiger partial charge in [0, 0.05) is 18.2 Å². The van der Waals surface area contributed by atoms with Crippen molar-refractivity contribution >= 4 is 24.2 Å². The van der Waals surface area contributed by atoms with E-state index in [1.54, 1.807) is 0 Å². The summed E-state index contributed by atoms with van der Waals surface area (Å²) in [5.41, 5.74) is 4.71. The van der Waals surface area contributed by atoms with E-state index in [9.17, 15) is 9.59 Å². The summed E-state index contributed by atoms with van der Waals surface area (Å²) in [6.45, 7) is 4.70. The lowest BCUT2D eigenvalue weighted by Gasteiger charge is -2.20. The van der Waals surface area contributed by atoms with Gasteiger partial charge in [-0.2, -0.15) is 0 Å². The van der Waals surface area contributed by atoms with E-state index in [4.69, 9.17) is 0 Å². The van der Waals surface area contributed by atoms with Crippen LogP contribution in [0.15, 0.2) is 42.5 Å². The Morgan fingerprint density at radius 3 is 2.58 bits per heavy atom. The van der Waals surface area contributed by atoms with Gasteiger partial charge in [0.2, 0.25) is 12.8 Å². The Hall–Kier alpha value is -2.82. The van der Waals surface area contributed by atoms with Crippen LogP contribution in [-0.2, 0) is 16.1 Å². The molecule has 0 radical (unpaired) electrons. The number of nitrogens with one attached hydrogen (secondary N) is 3. The van der Waals surface area contributed by atoms with Crippen LogP contribution in [0, 0.1) is 0 Å². The molecule has 0 fully saturated rings. The molecule has 0 heterocycles. The number of hydrogen-bond donors (Lipinski definition) is 3. The first kappa shape index (κ1) is 17.5. The van der Waals surface area contributed by atoms with Crippen LogP contribution in [-0.4, -0.2) is 18.9 Å². The molecule has 126 valence electrons. The number of rotatable bonds is 9. The Labute approximate surface area is 142 Å². The molecule has 0 aliphatic heterocycles. The first-order valence-corrected chi connectivity index (χ1v) is 8.05. The minimum absolute atomic E-state index is 0.276. The van der Waals surface area contributed by atoms with Crippen LogP contribution in [0.25, 0.3) is 11.1 Å². The molecule has 0 saturated carbocycles. The molecule has 24 heavy (non-hydrogen) atoms. The molecule has 0 aliphatic carbocycles. The summed E-state index contributed by atoms with van der Waals surface area (Å²) >= 11 is 0. The first-order chi connectivity index (χ1) is 11.7. The van der Waals surface area contributed by atoms with Crippen molar-refractivity contribution in [2.24, 2.45) is 0 Å². The predicted molar refractivity (Wildman–Crippen MR) is 97.8 cm³/mol. The molecule has 1 unspecified atom stereocenters. The van der Waals surface area contributed by atoms with E-state index < -0.39 is 0 Å². The van der Waals surface area contributed by atoms with Gasteiger partial charge in [0.15, 0.2) is 0 Å². The van der Waals surface area contributed by atoms with Crippen molar-refractivity contribution in [1.29, 1.82) is 0 Å². The van der Waals surface area contributed by atoms with Crippen LogP contribution < -0.4 is 16.0 Å². The minimum atomic E-state index is 0.276. The second kappa shape index (κ2) is 8.72. The van der Waals surface area contributed by atoms with E-state index in [-0.39, 0.29) is 6.04 Å². The number of amides is 2. The van der Waals surface area contributed by atoms with E-state index in [1.807, 2.05) is 42.5 Å². The highest BCUT2D eigenvalue weighted by Crippen LogP contribution is 2.35. The molecule has 0 spiro atoms. The molecule has 2 amide bonds. The standard InChI is InChI=1S/C19H23N3O2/c1-3-14(2)22-19-17(8-5-9-18(19)21-13-24)16-7-4-6-15(10-16)11-20-12-23/h4-10,12-14,22H,3,11H2,1-2H3,(H,20,23)(H,21,24). The fourth-order valence-electron chi connectivity index (χ4n) is 2.49. The largest absolute Gasteiger partial charge is 0.380 e. The van der Waals surface area contributed by atoms with Crippen molar-refractivity contribution in [3.05, 3.63) is 48.0 Å². The molecule has 2 aromatic carbocycles. The maximum atomic E-state index is 10.9. The summed E-state index contributed by atoms with van der Waals surface area (Å²) in [4.78, 5) is 21.4. The quantitative estimate of drug-likeness (QED) is 0.619. The van der Waals surface area contributed by atoms with Gasteiger partial charge in [0.1, 0.15) is 0 Å². The molecule has 5 nitrogen and oxygen atoms in total. The van der Waals surface area contributed by atoms with Crippen molar-refractivity contribution in [3.8, 4) is 11.1 Å². The fraction of sp³-hybridized carbons (Fsp3) is 0.263.